The number of hydrogen-bond acceptors (Lipinski definition) is 3. The summed E-state index contributed by atoms with van der Waals surface area (Å²) in [4.78, 5) is 12.0. The number of ether oxygens (including phenoxy) is 2. The van der Waals surface area contributed by atoms with Crippen molar-refractivity contribution in [3.63, 3.8) is 0 Å². The van der Waals surface area contributed by atoms with Crippen molar-refractivity contribution in [2.75, 3.05) is 19.5 Å². The number of carbonyl (C=O) groups is 1. The number of methoxy groups -OCH3 is 2. The minimum atomic E-state index is -0.0222. The van der Waals surface area contributed by atoms with Gasteiger partial charge in [-0.2, -0.15) is 0 Å². The van der Waals surface area contributed by atoms with E-state index in [9.17, 15) is 4.79 Å². The number of nitrogens with one attached hydrogen (secondary N) is 1. The van der Waals surface area contributed by atoms with Gasteiger partial charge in [-0.1, -0.05) is 18.2 Å². The number of benzene rings is 2. The fraction of sp³-hybridized carbons (Fsp3) is 0.235. The number of anilines is 1. The van der Waals surface area contributed by atoms with Crippen molar-refractivity contribution in [2.45, 2.75) is 12.8 Å². The summed E-state index contributed by atoms with van der Waals surface area (Å²) in [6, 6.07) is 15.0. The van der Waals surface area contributed by atoms with Crippen LogP contribution in [0.1, 0.15) is 12.0 Å². The van der Waals surface area contributed by atoms with Crippen molar-refractivity contribution < 1.29 is 14.3 Å². The predicted octanol–water partition coefficient (Wildman–Crippen LogP) is 3.28. The van der Waals surface area contributed by atoms with E-state index in [1.54, 1.807) is 14.2 Å². The Hall–Kier alpha value is -2.49. The molecule has 2 aromatic carbocycles. The molecule has 21 heavy (non-hydrogen) atoms. The van der Waals surface area contributed by atoms with Gasteiger partial charge in [0.15, 0.2) is 0 Å². The van der Waals surface area contributed by atoms with Crippen molar-refractivity contribution in [1.29, 1.82) is 0 Å². The van der Waals surface area contributed by atoms with Crippen LogP contribution in [0.5, 0.6) is 11.5 Å². The van der Waals surface area contributed by atoms with E-state index >= 15 is 0 Å². The molecule has 4 nitrogen and oxygen atoms in total. The SMILES string of the molecule is COc1ccc(NC(=O)CCc2ccccc2OC)cc1. The van der Waals surface area contributed by atoms with Crippen LogP contribution in [0.4, 0.5) is 5.69 Å². The molecule has 0 aliphatic carbocycles. The molecule has 1 N–H and O–H groups in total. The van der Waals surface area contributed by atoms with E-state index in [1.807, 2.05) is 48.5 Å². The molecule has 0 fully saturated rings. The lowest BCUT2D eigenvalue weighted by Crippen LogP contribution is -2.12. The highest BCUT2D eigenvalue weighted by atomic mass is 16.5. The summed E-state index contributed by atoms with van der Waals surface area (Å²) in [5.41, 5.74) is 1.80. The van der Waals surface area contributed by atoms with E-state index in [2.05, 4.69) is 5.32 Å². The standard InChI is InChI=1S/C17H19NO3/c1-20-15-10-8-14(9-11-15)18-17(19)12-7-13-5-3-4-6-16(13)21-2/h3-6,8-11H,7,12H2,1-2H3,(H,18,19). The average molecular weight is 285 g/mol. The molecule has 0 aliphatic rings. The van der Waals surface area contributed by atoms with Crippen molar-refractivity contribution in [1.82, 2.24) is 0 Å². The molecule has 0 unspecified atom stereocenters. The maximum Gasteiger partial charge on any atom is 0.224 e. The van der Waals surface area contributed by atoms with Gasteiger partial charge in [0.05, 0.1) is 14.2 Å². The summed E-state index contributed by atoms with van der Waals surface area (Å²) in [5, 5.41) is 2.87. The minimum Gasteiger partial charge on any atom is -0.497 e. The summed E-state index contributed by atoms with van der Waals surface area (Å²) in [7, 11) is 3.25. The Labute approximate surface area is 124 Å². The lowest BCUT2D eigenvalue weighted by Gasteiger charge is -2.09. The molecule has 0 heterocycles. The fourth-order valence-electron chi connectivity index (χ4n) is 2.06. The second-order valence-electron chi connectivity index (χ2n) is 4.59. The molecule has 2 rings (SSSR count). The van der Waals surface area contributed by atoms with Crippen LogP contribution in [-0.2, 0) is 11.2 Å². The molecule has 1 amide bonds. The first-order chi connectivity index (χ1) is 10.2. The summed E-state index contributed by atoms with van der Waals surface area (Å²) in [6.45, 7) is 0. The molecular formula is C17H19NO3. The lowest BCUT2D eigenvalue weighted by atomic mass is 10.1. The highest BCUT2D eigenvalue weighted by Crippen LogP contribution is 2.19. The highest BCUT2D eigenvalue weighted by Gasteiger charge is 2.06. The largest absolute Gasteiger partial charge is 0.497 e. The molecular weight excluding hydrogens is 266 g/mol. The molecule has 0 saturated carbocycles. The monoisotopic (exact) mass is 285 g/mol. The van der Waals surface area contributed by atoms with Crippen LogP contribution < -0.4 is 14.8 Å². The zero-order valence-corrected chi connectivity index (χ0v) is 12.3. The van der Waals surface area contributed by atoms with Gasteiger partial charge in [-0.15, -0.1) is 0 Å². The summed E-state index contributed by atoms with van der Waals surface area (Å²) >= 11 is 0. The van der Waals surface area contributed by atoms with Crippen molar-refractivity contribution in [3.8, 4) is 11.5 Å². The first kappa shape index (κ1) is 14.9. The number of aryl methyl sites for hydroxylation is 1. The Kier molecular flexibility index (Phi) is 5.21. The van der Waals surface area contributed by atoms with E-state index in [-0.39, 0.29) is 5.91 Å². The zero-order chi connectivity index (χ0) is 15.1. The quantitative estimate of drug-likeness (QED) is 0.886. The van der Waals surface area contributed by atoms with Crippen LogP contribution in [0.15, 0.2) is 48.5 Å². The number of rotatable bonds is 6. The summed E-state index contributed by atoms with van der Waals surface area (Å²) in [6.07, 6.45) is 1.05. The number of amides is 1. The lowest BCUT2D eigenvalue weighted by molar-refractivity contribution is -0.116. The van der Waals surface area contributed by atoms with Gasteiger partial charge < -0.3 is 14.8 Å². The summed E-state index contributed by atoms with van der Waals surface area (Å²) in [5.74, 6) is 1.56. The van der Waals surface area contributed by atoms with Gasteiger partial charge in [0, 0.05) is 12.1 Å². The van der Waals surface area contributed by atoms with E-state index < -0.39 is 0 Å². The Morgan fingerprint density at radius 1 is 1.00 bits per heavy atom. The van der Waals surface area contributed by atoms with Gasteiger partial charge in [0.25, 0.3) is 0 Å². The highest BCUT2D eigenvalue weighted by molar-refractivity contribution is 5.90. The molecule has 0 bridgehead atoms. The first-order valence-corrected chi connectivity index (χ1v) is 6.78. The Morgan fingerprint density at radius 2 is 1.71 bits per heavy atom. The maximum absolute atomic E-state index is 12.0. The van der Waals surface area contributed by atoms with E-state index in [1.165, 1.54) is 0 Å². The third-order valence-electron chi connectivity index (χ3n) is 3.19. The van der Waals surface area contributed by atoms with E-state index in [0.717, 1.165) is 22.7 Å². The minimum absolute atomic E-state index is 0.0222. The molecule has 0 saturated heterocycles. The number of para-hydroxylation sites is 1. The number of carbonyl (C=O) groups excluding carboxylic acids is 1. The summed E-state index contributed by atoms with van der Waals surface area (Å²) < 4.78 is 10.4. The van der Waals surface area contributed by atoms with Gasteiger partial charge in [0.2, 0.25) is 5.91 Å². The fourth-order valence-corrected chi connectivity index (χ4v) is 2.06. The molecule has 0 aliphatic heterocycles. The molecule has 4 heteroatoms. The normalized spacial score (nSPS) is 10.0. The van der Waals surface area contributed by atoms with Crippen molar-refractivity contribution in [3.05, 3.63) is 54.1 Å². The molecule has 0 spiro atoms. The van der Waals surface area contributed by atoms with E-state index in [4.69, 9.17) is 9.47 Å². The van der Waals surface area contributed by atoms with Gasteiger partial charge in [-0.25, -0.2) is 0 Å². The van der Waals surface area contributed by atoms with Crippen LogP contribution in [0.2, 0.25) is 0 Å². The van der Waals surface area contributed by atoms with Crippen LogP contribution in [-0.4, -0.2) is 20.1 Å². The van der Waals surface area contributed by atoms with Crippen LogP contribution >= 0.6 is 0 Å². The van der Waals surface area contributed by atoms with E-state index in [0.29, 0.717) is 12.8 Å². The van der Waals surface area contributed by atoms with Crippen molar-refractivity contribution in [2.24, 2.45) is 0 Å². The zero-order valence-electron chi connectivity index (χ0n) is 12.3. The first-order valence-electron chi connectivity index (χ1n) is 6.78. The van der Waals surface area contributed by atoms with Crippen LogP contribution in [0, 0.1) is 0 Å². The third-order valence-corrected chi connectivity index (χ3v) is 3.19. The Bertz CT molecular complexity index is 593. The molecule has 0 radical (unpaired) electrons. The van der Waals surface area contributed by atoms with Crippen LogP contribution in [0.3, 0.4) is 0 Å². The number of hydrogen-bond donors (Lipinski definition) is 1. The third kappa shape index (κ3) is 4.24. The second kappa shape index (κ2) is 7.33. The molecule has 2 aromatic rings. The van der Waals surface area contributed by atoms with Gasteiger partial charge in [-0.05, 0) is 42.3 Å². The van der Waals surface area contributed by atoms with Gasteiger partial charge in [-0.3, -0.25) is 4.79 Å². The Morgan fingerprint density at radius 3 is 2.38 bits per heavy atom. The topological polar surface area (TPSA) is 47.6 Å². The van der Waals surface area contributed by atoms with Gasteiger partial charge in [0.1, 0.15) is 11.5 Å². The average Bonchev–Trinajstić information content (AvgIpc) is 2.54. The predicted molar refractivity (Wildman–Crippen MR) is 82.9 cm³/mol. The maximum atomic E-state index is 12.0. The molecule has 0 atom stereocenters. The van der Waals surface area contributed by atoms with Crippen molar-refractivity contribution >= 4 is 11.6 Å². The van der Waals surface area contributed by atoms with Gasteiger partial charge >= 0.3 is 0 Å². The Balaban J connectivity index is 1.89. The smallest absolute Gasteiger partial charge is 0.224 e. The molecule has 110 valence electrons. The second-order valence-corrected chi connectivity index (χ2v) is 4.59. The molecule has 0 aromatic heterocycles. The van der Waals surface area contributed by atoms with Crippen LogP contribution in [0.25, 0.3) is 0 Å².